The van der Waals surface area contributed by atoms with Crippen molar-refractivity contribution in [1.29, 1.82) is 0 Å². The van der Waals surface area contributed by atoms with Crippen LogP contribution in [0.25, 0.3) is 0 Å². The number of anilines is 1. The number of hydrogen-bond donors (Lipinski definition) is 2. The van der Waals surface area contributed by atoms with E-state index in [0.29, 0.717) is 6.61 Å². The van der Waals surface area contributed by atoms with E-state index in [0.717, 1.165) is 17.1 Å². The molecule has 1 heterocycles. The van der Waals surface area contributed by atoms with Crippen LogP contribution in [-0.4, -0.2) is 15.2 Å². The van der Waals surface area contributed by atoms with E-state index < -0.39 is 0 Å². The lowest BCUT2D eigenvalue weighted by Gasteiger charge is -2.22. The zero-order valence-electron chi connectivity index (χ0n) is 8.70. The van der Waals surface area contributed by atoms with Crippen LogP contribution in [0, 0.1) is 0 Å². The number of nitrogen functional groups attached to an aromatic ring is 1. The molecule has 0 unspecified atom stereocenters. The molecule has 0 saturated heterocycles. The number of nitrogens with two attached hydrogens (primary N) is 1. The molecule has 80 valence electrons. The van der Waals surface area contributed by atoms with Crippen LogP contribution in [0.1, 0.15) is 32.9 Å². The maximum Gasteiger partial charge on any atom is 0.149 e. The molecule has 0 aliphatic heterocycles. The second-order valence-electron chi connectivity index (χ2n) is 3.60. The van der Waals surface area contributed by atoms with Gasteiger partial charge in [-0.2, -0.15) is 0 Å². The van der Waals surface area contributed by atoms with E-state index in [9.17, 15) is 0 Å². The first-order valence-corrected chi connectivity index (χ1v) is 5.28. The molecule has 0 aliphatic carbocycles. The zero-order chi connectivity index (χ0) is 10.6. The molecule has 0 aliphatic rings. The van der Waals surface area contributed by atoms with Crippen LogP contribution in [0.4, 0.5) is 5.00 Å². The minimum absolute atomic E-state index is 0.129. The van der Waals surface area contributed by atoms with Crippen LogP contribution >= 0.6 is 11.5 Å². The van der Waals surface area contributed by atoms with Crippen molar-refractivity contribution in [3.8, 4) is 0 Å². The summed E-state index contributed by atoms with van der Waals surface area (Å²) in [7, 11) is 0. The largest absolute Gasteiger partial charge is 0.369 e. The third-order valence-corrected chi connectivity index (χ3v) is 2.84. The molecule has 1 rings (SSSR count). The molecule has 0 atom stereocenters. The molecule has 6 heteroatoms. The van der Waals surface area contributed by atoms with Gasteiger partial charge >= 0.3 is 0 Å². The summed E-state index contributed by atoms with van der Waals surface area (Å²) < 4.78 is 9.46. The average molecular weight is 216 g/mol. The highest BCUT2D eigenvalue weighted by molar-refractivity contribution is 7.10. The second-order valence-corrected chi connectivity index (χ2v) is 4.35. The topological polar surface area (TPSA) is 73.1 Å². The van der Waals surface area contributed by atoms with Gasteiger partial charge in [-0.3, -0.25) is 0 Å². The van der Waals surface area contributed by atoms with Gasteiger partial charge in [-0.05, 0) is 20.3 Å². The first-order chi connectivity index (χ1) is 6.59. The fourth-order valence-electron chi connectivity index (χ4n) is 0.778. The van der Waals surface area contributed by atoms with Crippen molar-refractivity contribution in [2.75, 3.05) is 5.43 Å². The summed E-state index contributed by atoms with van der Waals surface area (Å²) in [5.74, 6) is 5.29. The number of aromatic nitrogens is 2. The van der Waals surface area contributed by atoms with Crippen LogP contribution < -0.4 is 11.3 Å². The highest BCUT2D eigenvalue weighted by atomic mass is 32.1. The van der Waals surface area contributed by atoms with E-state index in [4.69, 9.17) is 10.6 Å². The highest BCUT2D eigenvalue weighted by Gasteiger charge is 2.17. The Bertz CT molecular complexity index is 287. The lowest BCUT2D eigenvalue weighted by Crippen LogP contribution is -2.23. The molecule has 1 aromatic heterocycles. The minimum Gasteiger partial charge on any atom is -0.369 e. The van der Waals surface area contributed by atoms with Crippen molar-refractivity contribution in [3.05, 3.63) is 5.69 Å². The summed E-state index contributed by atoms with van der Waals surface area (Å²) in [5, 5.41) is 4.69. The lowest BCUT2D eigenvalue weighted by molar-refractivity contribution is -0.0327. The van der Waals surface area contributed by atoms with Crippen molar-refractivity contribution < 1.29 is 4.74 Å². The Morgan fingerprint density at radius 3 is 2.86 bits per heavy atom. The van der Waals surface area contributed by atoms with Gasteiger partial charge in [0, 0.05) is 11.5 Å². The molecule has 0 radical (unpaired) electrons. The highest BCUT2D eigenvalue weighted by Crippen LogP contribution is 2.21. The summed E-state index contributed by atoms with van der Waals surface area (Å²) in [6.07, 6.45) is 0.954. The number of ether oxygens (including phenoxy) is 1. The van der Waals surface area contributed by atoms with E-state index in [1.54, 1.807) is 0 Å². The van der Waals surface area contributed by atoms with Gasteiger partial charge in [0.1, 0.15) is 10.7 Å². The van der Waals surface area contributed by atoms with Gasteiger partial charge in [-0.25, -0.2) is 5.84 Å². The summed E-state index contributed by atoms with van der Waals surface area (Å²) >= 11 is 1.23. The van der Waals surface area contributed by atoms with Crippen molar-refractivity contribution >= 4 is 16.5 Å². The van der Waals surface area contributed by atoms with E-state index in [1.807, 2.05) is 13.8 Å². The predicted molar refractivity (Wildman–Crippen MR) is 56.9 cm³/mol. The molecule has 0 saturated carbocycles. The standard InChI is InChI=1S/C8H16N4OS/c1-4-8(2,3)13-5-6-7(10-9)14-12-11-6/h10H,4-5,9H2,1-3H3. The van der Waals surface area contributed by atoms with Crippen molar-refractivity contribution in [2.45, 2.75) is 39.4 Å². The maximum absolute atomic E-state index is 5.67. The zero-order valence-corrected chi connectivity index (χ0v) is 9.52. The quantitative estimate of drug-likeness (QED) is 0.577. The normalized spacial score (nSPS) is 11.7. The van der Waals surface area contributed by atoms with Crippen molar-refractivity contribution in [1.82, 2.24) is 9.59 Å². The van der Waals surface area contributed by atoms with Gasteiger partial charge in [-0.15, -0.1) is 5.10 Å². The smallest absolute Gasteiger partial charge is 0.149 e. The van der Waals surface area contributed by atoms with Crippen LogP contribution in [-0.2, 0) is 11.3 Å². The Hall–Kier alpha value is -0.720. The first-order valence-electron chi connectivity index (χ1n) is 4.51. The van der Waals surface area contributed by atoms with Crippen LogP contribution in [0.3, 0.4) is 0 Å². The lowest BCUT2D eigenvalue weighted by atomic mass is 10.1. The first kappa shape index (κ1) is 11.4. The summed E-state index contributed by atoms with van der Waals surface area (Å²) in [4.78, 5) is 0. The number of nitrogens with zero attached hydrogens (tertiary/aromatic N) is 2. The fraction of sp³-hybridized carbons (Fsp3) is 0.750. The Labute approximate surface area is 87.8 Å². The predicted octanol–water partition coefficient (Wildman–Crippen LogP) is 1.53. The Morgan fingerprint density at radius 2 is 2.29 bits per heavy atom. The van der Waals surface area contributed by atoms with Crippen molar-refractivity contribution in [3.63, 3.8) is 0 Å². The van der Waals surface area contributed by atoms with Gasteiger partial charge in [0.05, 0.1) is 12.2 Å². The maximum atomic E-state index is 5.67. The van der Waals surface area contributed by atoms with Gasteiger partial charge < -0.3 is 10.2 Å². The molecule has 0 amide bonds. The molecular weight excluding hydrogens is 200 g/mol. The van der Waals surface area contributed by atoms with Gasteiger partial charge in [-0.1, -0.05) is 11.4 Å². The minimum atomic E-state index is -0.129. The van der Waals surface area contributed by atoms with E-state index in [-0.39, 0.29) is 5.60 Å². The Balaban J connectivity index is 2.53. The van der Waals surface area contributed by atoms with E-state index in [2.05, 4.69) is 21.9 Å². The number of rotatable bonds is 5. The molecule has 1 aromatic rings. The summed E-state index contributed by atoms with van der Waals surface area (Å²) in [6.45, 7) is 6.61. The van der Waals surface area contributed by atoms with Gasteiger partial charge in [0.2, 0.25) is 0 Å². The molecular formula is C8H16N4OS. The molecule has 5 nitrogen and oxygen atoms in total. The molecule has 14 heavy (non-hydrogen) atoms. The number of hydrazine groups is 1. The molecule has 3 N–H and O–H groups in total. The SMILES string of the molecule is CCC(C)(C)OCc1nnsc1NN. The van der Waals surface area contributed by atoms with Gasteiger partial charge in [0.15, 0.2) is 0 Å². The molecule has 0 aromatic carbocycles. The third-order valence-electron chi connectivity index (χ3n) is 2.14. The van der Waals surface area contributed by atoms with E-state index >= 15 is 0 Å². The third kappa shape index (κ3) is 2.90. The van der Waals surface area contributed by atoms with Gasteiger partial charge in [0.25, 0.3) is 0 Å². The summed E-state index contributed by atoms with van der Waals surface area (Å²) in [6, 6.07) is 0. The summed E-state index contributed by atoms with van der Waals surface area (Å²) in [5.41, 5.74) is 3.18. The van der Waals surface area contributed by atoms with Crippen molar-refractivity contribution in [2.24, 2.45) is 5.84 Å². The number of nitrogens with one attached hydrogen (secondary N) is 1. The van der Waals surface area contributed by atoms with E-state index in [1.165, 1.54) is 11.5 Å². The number of hydrogen-bond acceptors (Lipinski definition) is 6. The molecule has 0 spiro atoms. The Kier molecular flexibility index (Phi) is 3.79. The average Bonchev–Trinajstić information content (AvgIpc) is 2.62. The monoisotopic (exact) mass is 216 g/mol. The fourth-order valence-corrected chi connectivity index (χ4v) is 1.26. The molecule has 0 fully saturated rings. The van der Waals surface area contributed by atoms with Crippen LogP contribution in [0.5, 0.6) is 0 Å². The molecule has 0 bridgehead atoms. The second kappa shape index (κ2) is 4.68. The van der Waals surface area contributed by atoms with Crippen LogP contribution in [0.15, 0.2) is 0 Å². The van der Waals surface area contributed by atoms with Crippen LogP contribution in [0.2, 0.25) is 0 Å². The Morgan fingerprint density at radius 1 is 1.57 bits per heavy atom.